The van der Waals surface area contributed by atoms with Gasteiger partial charge in [-0.25, -0.2) is 0 Å². The topological polar surface area (TPSA) is 66.5 Å². The standard InChI is InChI=1S/C8H15N5/c1-6-2-3-7(4-6)9-5-8-10-12-13-11-8/h6-7,9H,2-5H2,1H3,(H,10,11,12,13). The van der Waals surface area contributed by atoms with E-state index in [0.717, 1.165) is 18.3 Å². The first-order valence-electron chi connectivity index (χ1n) is 4.80. The number of H-pyrrole nitrogens is 1. The van der Waals surface area contributed by atoms with Crippen LogP contribution in [0.25, 0.3) is 0 Å². The smallest absolute Gasteiger partial charge is 0.188 e. The van der Waals surface area contributed by atoms with Gasteiger partial charge in [0.15, 0.2) is 5.82 Å². The average molecular weight is 181 g/mol. The van der Waals surface area contributed by atoms with E-state index in [2.05, 4.69) is 32.9 Å². The highest BCUT2D eigenvalue weighted by atomic mass is 15.5. The van der Waals surface area contributed by atoms with E-state index >= 15 is 0 Å². The molecular formula is C8H15N5. The summed E-state index contributed by atoms with van der Waals surface area (Å²) in [6.45, 7) is 3.03. The number of rotatable bonds is 3. The van der Waals surface area contributed by atoms with E-state index in [1.54, 1.807) is 0 Å². The molecule has 1 fully saturated rings. The summed E-state index contributed by atoms with van der Waals surface area (Å²) in [7, 11) is 0. The van der Waals surface area contributed by atoms with Crippen molar-refractivity contribution in [2.45, 2.75) is 38.8 Å². The molecule has 1 aliphatic rings. The Kier molecular flexibility index (Phi) is 2.54. The average Bonchev–Trinajstić information content (AvgIpc) is 2.71. The maximum atomic E-state index is 3.89. The Morgan fingerprint density at radius 1 is 1.54 bits per heavy atom. The molecule has 72 valence electrons. The van der Waals surface area contributed by atoms with Gasteiger partial charge in [-0.15, -0.1) is 10.2 Å². The molecule has 2 unspecified atom stereocenters. The van der Waals surface area contributed by atoms with Gasteiger partial charge in [-0.3, -0.25) is 0 Å². The SMILES string of the molecule is CC1CCC(NCc2nn[nH]n2)C1. The maximum absolute atomic E-state index is 3.89. The zero-order valence-corrected chi connectivity index (χ0v) is 7.82. The third-order valence-corrected chi connectivity index (χ3v) is 2.63. The van der Waals surface area contributed by atoms with Crippen LogP contribution in [-0.2, 0) is 6.54 Å². The molecular weight excluding hydrogens is 166 g/mol. The van der Waals surface area contributed by atoms with Gasteiger partial charge in [0.05, 0.1) is 6.54 Å². The molecule has 5 heteroatoms. The van der Waals surface area contributed by atoms with Crippen LogP contribution in [0.3, 0.4) is 0 Å². The summed E-state index contributed by atoms with van der Waals surface area (Å²) in [5.41, 5.74) is 0. The van der Waals surface area contributed by atoms with Crippen molar-refractivity contribution in [3.63, 3.8) is 0 Å². The van der Waals surface area contributed by atoms with Crippen molar-refractivity contribution >= 4 is 0 Å². The molecule has 5 nitrogen and oxygen atoms in total. The van der Waals surface area contributed by atoms with Gasteiger partial charge >= 0.3 is 0 Å². The largest absolute Gasteiger partial charge is 0.307 e. The van der Waals surface area contributed by atoms with E-state index in [1.165, 1.54) is 19.3 Å². The minimum atomic E-state index is 0.647. The van der Waals surface area contributed by atoms with Crippen LogP contribution in [-0.4, -0.2) is 26.7 Å². The van der Waals surface area contributed by atoms with Crippen molar-refractivity contribution in [1.82, 2.24) is 25.9 Å². The number of aromatic nitrogens is 4. The molecule has 13 heavy (non-hydrogen) atoms. The summed E-state index contributed by atoms with van der Waals surface area (Å²) in [5.74, 6) is 1.61. The zero-order chi connectivity index (χ0) is 9.10. The van der Waals surface area contributed by atoms with Gasteiger partial charge < -0.3 is 5.32 Å². The molecule has 1 heterocycles. The fraction of sp³-hybridized carbons (Fsp3) is 0.875. The number of nitrogens with one attached hydrogen (secondary N) is 2. The second-order valence-corrected chi connectivity index (χ2v) is 3.82. The first kappa shape index (κ1) is 8.62. The summed E-state index contributed by atoms with van der Waals surface area (Å²) in [4.78, 5) is 0. The number of hydrogen-bond acceptors (Lipinski definition) is 4. The minimum absolute atomic E-state index is 0.647. The summed E-state index contributed by atoms with van der Waals surface area (Å²) in [5, 5.41) is 17.2. The van der Waals surface area contributed by atoms with Gasteiger partial charge in [0, 0.05) is 6.04 Å². The van der Waals surface area contributed by atoms with Gasteiger partial charge in [-0.2, -0.15) is 5.21 Å². The van der Waals surface area contributed by atoms with E-state index in [0.29, 0.717) is 6.04 Å². The molecule has 0 radical (unpaired) electrons. The van der Waals surface area contributed by atoms with E-state index in [4.69, 9.17) is 0 Å². The maximum Gasteiger partial charge on any atom is 0.188 e. The van der Waals surface area contributed by atoms with Gasteiger partial charge in [0.1, 0.15) is 0 Å². The Balaban J connectivity index is 1.74. The second kappa shape index (κ2) is 3.83. The van der Waals surface area contributed by atoms with Crippen LogP contribution in [0.1, 0.15) is 32.0 Å². The molecule has 2 rings (SSSR count). The predicted molar refractivity (Wildman–Crippen MR) is 47.8 cm³/mol. The quantitative estimate of drug-likeness (QED) is 0.711. The van der Waals surface area contributed by atoms with Gasteiger partial charge in [-0.05, 0) is 25.2 Å². The highest BCUT2D eigenvalue weighted by molar-refractivity contribution is 4.82. The van der Waals surface area contributed by atoms with Gasteiger partial charge in [0.2, 0.25) is 0 Å². The molecule has 0 saturated heterocycles. The Morgan fingerprint density at radius 2 is 2.46 bits per heavy atom. The van der Waals surface area contributed by atoms with Crippen LogP contribution in [0.5, 0.6) is 0 Å². The molecule has 2 N–H and O–H groups in total. The van der Waals surface area contributed by atoms with E-state index < -0.39 is 0 Å². The van der Waals surface area contributed by atoms with Gasteiger partial charge in [-0.1, -0.05) is 12.1 Å². The number of nitrogens with zero attached hydrogens (tertiary/aromatic N) is 3. The zero-order valence-electron chi connectivity index (χ0n) is 7.82. The van der Waals surface area contributed by atoms with E-state index in [9.17, 15) is 0 Å². The van der Waals surface area contributed by atoms with Crippen molar-refractivity contribution in [2.24, 2.45) is 5.92 Å². The molecule has 0 aromatic carbocycles. The fourth-order valence-electron chi connectivity index (χ4n) is 1.89. The summed E-state index contributed by atoms with van der Waals surface area (Å²) in [6, 6.07) is 0.647. The van der Waals surface area contributed by atoms with Gasteiger partial charge in [0.25, 0.3) is 0 Å². The first-order chi connectivity index (χ1) is 6.34. The third kappa shape index (κ3) is 2.24. The van der Waals surface area contributed by atoms with Crippen molar-refractivity contribution in [3.8, 4) is 0 Å². The number of hydrogen-bond donors (Lipinski definition) is 2. The normalized spacial score (nSPS) is 28.1. The summed E-state index contributed by atoms with van der Waals surface area (Å²) >= 11 is 0. The number of tetrazole rings is 1. The lowest BCUT2D eigenvalue weighted by molar-refractivity contribution is 0.494. The minimum Gasteiger partial charge on any atom is -0.307 e. The second-order valence-electron chi connectivity index (χ2n) is 3.82. The molecule has 0 aliphatic heterocycles. The summed E-state index contributed by atoms with van der Waals surface area (Å²) < 4.78 is 0. The van der Waals surface area contributed by atoms with Crippen molar-refractivity contribution in [3.05, 3.63) is 5.82 Å². The third-order valence-electron chi connectivity index (χ3n) is 2.63. The van der Waals surface area contributed by atoms with Crippen LogP contribution in [0.2, 0.25) is 0 Å². The molecule has 1 aromatic rings. The molecule has 0 amide bonds. The first-order valence-corrected chi connectivity index (χ1v) is 4.80. The molecule has 1 aromatic heterocycles. The highest BCUT2D eigenvalue weighted by Crippen LogP contribution is 2.24. The van der Waals surface area contributed by atoms with Crippen LogP contribution in [0, 0.1) is 5.92 Å². The molecule has 1 aliphatic carbocycles. The lowest BCUT2D eigenvalue weighted by Crippen LogP contribution is -2.26. The lowest BCUT2D eigenvalue weighted by atomic mass is 10.1. The predicted octanol–water partition coefficient (Wildman–Crippen LogP) is 0.478. The summed E-state index contributed by atoms with van der Waals surface area (Å²) in [6.07, 6.45) is 3.89. The molecule has 0 bridgehead atoms. The monoisotopic (exact) mass is 181 g/mol. The molecule has 0 spiro atoms. The van der Waals surface area contributed by atoms with Crippen LogP contribution in [0.4, 0.5) is 0 Å². The Hall–Kier alpha value is -0.970. The van der Waals surface area contributed by atoms with Crippen LogP contribution in [0.15, 0.2) is 0 Å². The lowest BCUT2D eigenvalue weighted by Gasteiger charge is -2.09. The number of aromatic amines is 1. The Morgan fingerprint density at radius 3 is 3.08 bits per heavy atom. The Labute approximate surface area is 77.3 Å². The Bertz CT molecular complexity index is 245. The fourth-order valence-corrected chi connectivity index (χ4v) is 1.89. The van der Waals surface area contributed by atoms with Crippen molar-refractivity contribution in [2.75, 3.05) is 0 Å². The highest BCUT2D eigenvalue weighted by Gasteiger charge is 2.20. The van der Waals surface area contributed by atoms with Crippen LogP contribution < -0.4 is 5.32 Å². The van der Waals surface area contributed by atoms with Crippen LogP contribution >= 0.6 is 0 Å². The van der Waals surface area contributed by atoms with Crippen molar-refractivity contribution < 1.29 is 0 Å². The van der Waals surface area contributed by atoms with E-state index in [1.807, 2.05) is 0 Å². The molecule has 2 atom stereocenters. The van der Waals surface area contributed by atoms with E-state index in [-0.39, 0.29) is 0 Å². The van der Waals surface area contributed by atoms with Crippen molar-refractivity contribution in [1.29, 1.82) is 0 Å². The molecule has 1 saturated carbocycles.